The van der Waals surface area contributed by atoms with E-state index in [2.05, 4.69) is 58.3 Å². The van der Waals surface area contributed by atoms with Crippen molar-refractivity contribution in [3.05, 3.63) is 63.3 Å². The number of aliphatic hydroxyl groups excluding tert-OH is 1. The second-order valence-electron chi connectivity index (χ2n) is 14.3. The molecule has 262 valence electrons. The highest BCUT2D eigenvalue weighted by atomic mass is 32.2. The fourth-order valence-electron chi connectivity index (χ4n) is 9.15. The first kappa shape index (κ1) is 34.2. The minimum atomic E-state index is -4.30. The molecular formula is C34H40F3N7O3S2. The Morgan fingerprint density at radius 2 is 1.94 bits per heavy atom. The number of nitriles is 1. The number of halogens is 3. The van der Waals surface area contributed by atoms with Gasteiger partial charge in [-0.15, -0.1) is 11.3 Å². The molecule has 7 rings (SSSR count). The molecule has 0 bridgehead atoms. The molecule has 3 aliphatic heterocycles. The SMILES string of the molecule is C=CS(=O)(=O)NC1CCC2C3=C1C(C)(CN1CCC(Nc4ncnc5sc(CC(F)(F)F)cc45)CC1)C(C)=C1C=C(C#N)N(CC2O)C13C. The first-order chi connectivity index (χ1) is 23.1. The van der Waals surface area contributed by atoms with Crippen LogP contribution in [0.3, 0.4) is 0 Å². The summed E-state index contributed by atoms with van der Waals surface area (Å²) in [5.74, 6) is 0.370. The third kappa shape index (κ3) is 5.69. The number of nitrogens with zero attached hydrogens (tertiary/aromatic N) is 5. The van der Waals surface area contributed by atoms with E-state index >= 15 is 0 Å². The summed E-state index contributed by atoms with van der Waals surface area (Å²) in [7, 11) is -3.78. The summed E-state index contributed by atoms with van der Waals surface area (Å²) < 4.78 is 67.9. The number of fused-ring (bicyclic) bond motifs is 1. The third-order valence-corrected chi connectivity index (χ3v) is 13.6. The Kier molecular flexibility index (Phi) is 8.30. The second kappa shape index (κ2) is 11.9. The van der Waals surface area contributed by atoms with Crippen LogP contribution in [0.5, 0.6) is 0 Å². The molecule has 2 aliphatic carbocycles. The predicted molar refractivity (Wildman–Crippen MR) is 182 cm³/mol. The van der Waals surface area contributed by atoms with Crippen molar-refractivity contribution in [3.8, 4) is 6.07 Å². The van der Waals surface area contributed by atoms with E-state index in [1.807, 2.05) is 11.0 Å². The lowest BCUT2D eigenvalue weighted by molar-refractivity contribution is -0.126. The molecule has 2 aromatic heterocycles. The summed E-state index contributed by atoms with van der Waals surface area (Å²) in [6.45, 7) is 12.3. The van der Waals surface area contributed by atoms with Crippen LogP contribution in [0.25, 0.3) is 10.2 Å². The molecule has 0 amide bonds. The minimum Gasteiger partial charge on any atom is -0.391 e. The van der Waals surface area contributed by atoms with Crippen LogP contribution in [0.1, 0.15) is 51.3 Å². The van der Waals surface area contributed by atoms with Crippen LogP contribution in [0.4, 0.5) is 19.0 Å². The number of nitrogens with one attached hydrogen (secondary N) is 2. The van der Waals surface area contributed by atoms with Gasteiger partial charge in [0.1, 0.15) is 28.7 Å². The van der Waals surface area contributed by atoms with Crippen molar-refractivity contribution < 1.29 is 26.7 Å². The van der Waals surface area contributed by atoms with E-state index in [-0.39, 0.29) is 16.8 Å². The highest BCUT2D eigenvalue weighted by Gasteiger charge is 2.61. The number of alkyl halides is 3. The molecule has 2 aromatic rings. The molecule has 5 atom stereocenters. The van der Waals surface area contributed by atoms with Gasteiger partial charge in [-0.3, -0.25) is 0 Å². The summed E-state index contributed by atoms with van der Waals surface area (Å²) >= 11 is 1.03. The number of allylic oxidation sites excluding steroid dienone is 1. The Bertz CT molecular complexity index is 1960. The normalized spacial score (nSPS) is 30.8. The first-order valence-electron chi connectivity index (χ1n) is 16.6. The van der Waals surface area contributed by atoms with Crippen molar-refractivity contribution >= 4 is 37.4 Å². The highest BCUT2D eigenvalue weighted by molar-refractivity contribution is 7.92. The maximum atomic E-state index is 13.1. The van der Waals surface area contributed by atoms with Gasteiger partial charge in [0.25, 0.3) is 0 Å². The maximum Gasteiger partial charge on any atom is 0.393 e. The lowest BCUT2D eigenvalue weighted by Crippen LogP contribution is -2.63. The molecule has 0 saturated carbocycles. The van der Waals surface area contributed by atoms with Crippen LogP contribution < -0.4 is 10.0 Å². The van der Waals surface area contributed by atoms with Gasteiger partial charge in [0, 0.05) is 59.9 Å². The van der Waals surface area contributed by atoms with E-state index in [1.54, 1.807) is 0 Å². The Morgan fingerprint density at radius 1 is 1.20 bits per heavy atom. The average Bonchev–Trinajstić information content (AvgIpc) is 3.58. The average molecular weight is 716 g/mol. The molecule has 5 aliphatic rings. The summed E-state index contributed by atoms with van der Waals surface area (Å²) in [5.41, 5.74) is 3.36. The number of anilines is 1. The Labute approximate surface area is 288 Å². The van der Waals surface area contributed by atoms with Crippen LogP contribution in [0.2, 0.25) is 0 Å². The minimum absolute atomic E-state index is 0.0495. The van der Waals surface area contributed by atoms with Crippen molar-refractivity contribution in [1.29, 1.82) is 5.26 Å². The summed E-state index contributed by atoms with van der Waals surface area (Å²) in [4.78, 5) is 13.7. The zero-order chi connectivity index (χ0) is 35.1. The van der Waals surface area contributed by atoms with Crippen LogP contribution in [-0.4, -0.2) is 89.4 Å². The zero-order valence-electron chi connectivity index (χ0n) is 27.6. The van der Waals surface area contributed by atoms with E-state index in [0.717, 1.165) is 65.0 Å². The second-order valence-corrected chi connectivity index (χ2v) is 17.1. The number of likely N-dealkylation sites (tertiary alicyclic amines) is 1. The maximum absolute atomic E-state index is 13.1. The van der Waals surface area contributed by atoms with Gasteiger partial charge in [-0.05, 0) is 68.4 Å². The monoisotopic (exact) mass is 715 g/mol. The van der Waals surface area contributed by atoms with E-state index in [1.165, 1.54) is 12.4 Å². The van der Waals surface area contributed by atoms with E-state index in [9.17, 15) is 32.0 Å². The molecule has 5 unspecified atom stereocenters. The largest absolute Gasteiger partial charge is 0.393 e. The number of sulfonamides is 1. The van der Waals surface area contributed by atoms with Crippen LogP contribution >= 0.6 is 11.3 Å². The molecule has 0 aromatic carbocycles. The topological polar surface area (TPSA) is 134 Å². The van der Waals surface area contributed by atoms with Crippen molar-refractivity contribution in [3.63, 3.8) is 0 Å². The van der Waals surface area contributed by atoms with Crippen LogP contribution in [0.15, 0.2) is 58.4 Å². The summed E-state index contributed by atoms with van der Waals surface area (Å²) in [6, 6.07) is 3.42. The molecule has 2 saturated heterocycles. The van der Waals surface area contributed by atoms with Gasteiger partial charge >= 0.3 is 6.18 Å². The Balaban J connectivity index is 1.18. The Morgan fingerprint density at radius 3 is 2.61 bits per heavy atom. The highest BCUT2D eigenvalue weighted by Crippen LogP contribution is 2.62. The molecule has 10 nitrogen and oxygen atoms in total. The summed E-state index contributed by atoms with van der Waals surface area (Å²) in [6.07, 6.45) is 0.0117. The van der Waals surface area contributed by atoms with Gasteiger partial charge in [-0.1, -0.05) is 19.1 Å². The molecular weight excluding hydrogens is 676 g/mol. The fourth-order valence-corrected chi connectivity index (χ4v) is 10.9. The molecule has 2 fully saturated rings. The first-order valence-corrected chi connectivity index (χ1v) is 18.9. The van der Waals surface area contributed by atoms with Crippen molar-refractivity contribution in [2.75, 3.05) is 31.5 Å². The Hall–Kier alpha value is -3.29. The zero-order valence-corrected chi connectivity index (χ0v) is 29.3. The van der Waals surface area contributed by atoms with Gasteiger partial charge in [0.05, 0.1) is 23.4 Å². The van der Waals surface area contributed by atoms with Crippen molar-refractivity contribution in [2.24, 2.45) is 11.3 Å². The number of aliphatic hydroxyl groups is 1. The summed E-state index contributed by atoms with van der Waals surface area (Å²) in [5, 5.41) is 26.6. The van der Waals surface area contributed by atoms with E-state index in [0.29, 0.717) is 47.7 Å². The molecule has 0 spiro atoms. The lowest BCUT2D eigenvalue weighted by Gasteiger charge is -2.59. The quantitative estimate of drug-likeness (QED) is 0.323. The number of hydrogen-bond acceptors (Lipinski definition) is 10. The molecule has 3 N–H and O–H groups in total. The van der Waals surface area contributed by atoms with Gasteiger partial charge in [0.15, 0.2) is 0 Å². The number of piperidine rings is 2. The smallest absolute Gasteiger partial charge is 0.391 e. The number of rotatable bonds is 8. The van der Waals surface area contributed by atoms with Gasteiger partial charge in [-0.2, -0.15) is 18.4 Å². The van der Waals surface area contributed by atoms with Crippen LogP contribution in [-0.2, 0) is 16.4 Å². The number of β-amino-alcohol motifs (C(OH)–C–C–N with tert-alkyl or cyclic N) is 1. The third-order valence-electron chi connectivity index (χ3n) is 11.5. The van der Waals surface area contributed by atoms with E-state index < -0.39 is 45.7 Å². The number of thiophene rings is 1. The standard InChI is InChI=1S/C34H40F3N7O3S2/c1-5-49(46,47)42-26-7-6-23-27(45)16-44-21(15-38)12-25-19(2)32(3,29(26)28(23)33(25,44)4)17-43-10-8-20(9-11-43)41-30-24-13-22(14-34(35,36)37)48-31(24)40-18-39-30/h5,12-13,18,20,23,26-27,42,45H,1,6-11,14,16-17H2,2-4H3,(H,39,40,41). The number of aromatic nitrogens is 2. The van der Waals surface area contributed by atoms with Crippen LogP contribution in [0, 0.1) is 22.7 Å². The molecule has 5 heterocycles. The fraction of sp³-hybridized carbons (Fsp3) is 0.559. The van der Waals surface area contributed by atoms with Gasteiger partial charge in [0.2, 0.25) is 10.0 Å². The van der Waals surface area contributed by atoms with Crippen molar-refractivity contribution in [1.82, 2.24) is 24.5 Å². The predicted octanol–water partition coefficient (Wildman–Crippen LogP) is 5.00. The number of hydrogen-bond donors (Lipinski definition) is 3. The van der Waals surface area contributed by atoms with E-state index in [4.69, 9.17) is 0 Å². The lowest BCUT2D eigenvalue weighted by atomic mass is 9.53. The molecule has 49 heavy (non-hydrogen) atoms. The van der Waals surface area contributed by atoms with Crippen molar-refractivity contribution in [2.45, 2.75) is 82.8 Å². The molecule has 15 heteroatoms. The van der Waals surface area contributed by atoms with Gasteiger partial charge in [-0.25, -0.2) is 23.1 Å². The van der Waals surface area contributed by atoms with Gasteiger partial charge < -0.3 is 20.2 Å². The molecule has 0 radical (unpaired) electrons.